The Kier molecular flexibility index (Phi) is 6.38. The van der Waals surface area contributed by atoms with Crippen molar-refractivity contribution in [3.8, 4) is 6.07 Å². The summed E-state index contributed by atoms with van der Waals surface area (Å²) in [6.45, 7) is 0. The molecule has 4 rings (SSSR count). The highest BCUT2D eigenvalue weighted by molar-refractivity contribution is 6.15. The number of carbonyl (C=O) groups is 1. The number of hydroxylamine groups is 1. The molecule has 0 saturated heterocycles. The molecule has 166 valence electrons. The molecule has 7 nitrogen and oxygen atoms in total. The van der Waals surface area contributed by atoms with Crippen LogP contribution in [0.5, 0.6) is 0 Å². The molecule has 1 aliphatic carbocycles. The minimum atomic E-state index is -0.383. The number of nitriles is 1. The van der Waals surface area contributed by atoms with Crippen LogP contribution in [-0.2, 0) is 11.3 Å². The lowest BCUT2D eigenvalue weighted by molar-refractivity contribution is 0.0537. The molecule has 3 aromatic carbocycles. The Hall–Kier alpha value is -4.15. The average molecular weight is 440 g/mol. The molecule has 0 aromatic heterocycles. The van der Waals surface area contributed by atoms with Crippen molar-refractivity contribution >= 4 is 23.0 Å². The van der Waals surface area contributed by atoms with Gasteiger partial charge in [-0.1, -0.05) is 18.2 Å². The quantitative estimate of drug-likeness (QED) is 0.258. The summed E-state index contributed by atoms with van der Waals surface area (Å²) in [5.74, 6) is -0.383. The van der Waals surface area contributed by atoms with E-state index in [0.717, 1.165) is 24.9 Å². The Balaban J connectivity index is 1.60. The smallest absolute Gasteiger partial charge is 0.274 e. The lowest BCUT2D eigenvalue weighted by Gasteiger charge is -2.28. The molecule has 1 amide bonds. The molecule has 0 heterocycles. The van der Waals surface area contributed by atoms with E-state index in [2.05, 4.69) is 16.9 Å². The Labute approximate surface area is 192 Å². The number of amides is 1. The Bertz CT molecular complexity index is 1260. The fourth-order valence-electron chi connectivity index (χ4n) is 4.22. The Morgan fingerprint density at radius 2 is 1.97 bits per heavy atom. The van der Waals surface area contributed by atoms with Gasteiger partial charge in [0.25, 0.3) is 5.91 Å². The summed E-state index contributed by atoms with van der Waals surface area (Å²) in [6.07, 6.45) is 2.98. The predicted molar refractivity (Wildman–Crippen MR) is 128 cm³/mol. The minimum Gasteiger partial charge on any atom is -0.398 e. The number of hydrogen-bond acceptors (Lipinski definition) is 6. The third-order valence-electron chi connectivity index (χ3n) is 5.86. The van der Waals surface area contributed by atoms with Crippen molar-refractivity contribution in [2.24, 2.45) is 0 Å². The molecule has 3 aromatic rings. The number of carbonyl (C=O) groups excluding carboxylic acids is 1. The number of aryl methyl sites for hydroxylation is 1. The van der Waals surface area contributed by atoms with E-state index in [1.165, 1.54) is 18.2 Å². The molecular weight excluding hydrogens is 414 g/mol. The highest BCUT2D eigenvalue weighted by atomic mass is 16.6. The average Bonchev–Trinajstić information content (AvgIpc) is 2.84. The SMILES string of the molecule is CONC(=O)c1cccc(C(=N)c2cc(N[C@H]3CCCc4cc(C#N)ccc43)ccc2N)c1. The lowest BCUT2D eigenvalue weighted by Crippen LogP contribution is -2.22. The zero-order valence-electron chi connectivity index (χ0n) is 18.3. The number of hydrogen-bond donors (Lipinski definition) is 4. The maximum absolute atomic E-state index is 12.1. The van der Waals surface area contributed by atoms with Gasteiger partial charge < -0.3 is 11.1 Å². The summed E-state index contributed by atoms with van der Waals surface area (Å²) in [5.41, 5.74) is 14.7. The largest absolute Gasteiger partial charge is 0.398 e. The fourth-order valence-corrected chi connectivity index (χ4v) is 4.22. The topological polar surface area (TPSA) is 124 Å². The summed E-state index contributed by atoms with van der Waals surface area (Å²) in [7, 11) is 1.37. The molecular formula is C26H25N5O2. The number of anilines is 2. The van der Waals surface area contributed by atoms with Crippen LogP contribution >= 0.6 is 0 Å². The third-order valence-corrected chi connectivity index (χ3v) is 5.86. The van der Waals surface area contributed by atoms with E-state index in [1.54, 1.807) is 30.3 Å². The first-order chi connectivity index (χ1) is 16.0. The number of nitrogens with two attached hydrogens (primary N) is 1. The molecule has 0 bridgehead atoms. The number of nitrogens with zero attached hydrogens (tertiary/aromatic N) is 1. The number of rotatable bonds is 6. The van der Waals surface area contributed by atoms with Crippen LogP contribution < -0.4 is 16.5 Å². The van der Waals surface area contributed by atoms with Crippen molar-refractivity contribution in [2.45, 2.75) is 25.3 Å². The normalized spacial score (nSPS) is 14.6. The standard InChI is InChI=1S/C26H25N5O2/c1-33-31-26(32)19-6-2-5-18(13-19)25(29)22-14-20(9-11-23(22)28)30-24-7-3-4-17-12-16(15-27)8-10-21(17)24/h2,5-6,8-14,24,29-30H,3-4,7,28H2,1H3,(H,31,32)/t24-/m0/s1. The number of fused-ring (bicyclic) bond motifs is 1. The molecule has 0 radical (unpaired) electrons. The van der Waals surface area contributed by atoms with Crippen LogP contribution in [0.1, 0.15) is 57.1 Å². The van der Waals surface area contributed by atoms with Crippen LogP contribution in [0, 0.1) is 16.7 Å². The van der Waals surface area contributed by atoms with Crippen LogP contribution in [0.3, 0.4) is 0 Å². The van der Waals surface area contributed by atoms with Gasteiger partial charge in [0, 0.05) is 28.1 Å². The Morgan fingerprint density at radius 3 is 2.76 bits per heavy atom. The molecule has 0 spiro atoms. The van der Waals surface area contributed by atoms with Crippen molar-refractivity contribution in [3.63, 3.8) is 0 Å². The molecule has 33 heavy (non-hydrogen) atoms. The van der Waals surface area contributed by atoms with Gasteiger partial charge in [-0.3, -0.25) is 15.0 Å². The van der Waals surface area contributed by atoms with Gasteiger partial charge in [-0.2, -0.15) is 5.26 Å². The first kappa shape index (κ1) is 22.1. The van der Waals surface area contributed by atoms with Gasteiger partial charge in [-0.25, -0.2) is 5.48 Å². The van der Waals surface area contributed by atoms with Gasteiger partial charge in [0.2, 0.25) is 0 Å². The first-order valence-corrected chi connectivity index (χ1v) is 10.7. The highest BCUT2D eigenvalue weighted by Crippen LogP contribution is 2.34. The van der Waals surface area contributed by atoms with Crippen molar-refractivity contribution in [2.75, 3.05) is 18.2 Å². The molecule has 5 N–H and O–H groups in total. The molecule has 7 heteroatoms. The van der Waals surface area contributed by atoms with Crippen LogP contribution in [0.25, 0.3) is 0 Å². The zero-order valence-corrected chi connectivity index (χ0v) is 18.3. The van der Waals surface area contributed by atoms with Gasteiger partial charge in [-0.05, 0) is 72.9 Å². The first-order valence-electron chi connectivity index (χ1n) is 10.7. The van der Waals surface area contributed by atoms with Crippen LogP contribution in [0.2, 0.25) is 0 Å². The predicted octanol–water partition coefficient (Wildman–Crippen LogP) is 4.34. The molecule has 0 unspecified atom stereocenters. The van der Waals surface area contributed by atoms with E-state index < -0.39 is 0 Å². The van der Waals surface area contributed by atoms with Crippen LogP contribution in [0.4, 0.5) is 11.4 Å². The van der Waals surface area contributed by atoms with Gasteiger partial charge in [0.15, 0.2) is 0 Å². The second-order valence-electron chi connectivity index (χ2n) is 8.01. The maximum Gasteiger partial charge on any atom is 0.274 e. The number of benzene rings is 3. The molecule has 1 atom stereocenters. The number of nitrogens with one attached hydrogen (secondary N) is 3. The summed E-state index contributed by atoms with van der Waals surface area (Å²) in [4.78, 5) is 16.8. The summed E-state index contributed by atoms with van der Waals surface area (Å²) in [6, 6.07) is 20.6. The maximum atomic E-state index is 12.1. The second-order valence-corrected chi connectivity index (χ2v) is 8.01. The molecule has 0 aliphatic heterocycles. The fraction of sp³-hybridized carbons (Fsp3) is 0.192. The van der Waals surface area contributed by atoms with E-state index in [4.69, 9.17) is 16.0 Å². The van der Waals surface area contributed by atoms with Crippen molar-refractivity contribution in [1.82, 2.24) is 5.48 Å². The van der Waals surface area contributed by atoms with Gasteiger partial charge >= 0.3 is 0 Å². The van der Waals surface area contributed by atoms with E-state index >= 15 is 0 Å². The van der Waals surface area contributed by atoms with Gasteiger partial charge in [0.05, 0.1) is 30.5 Å². The van der Waals surface area contributed by atoms with E-state index in [1.807, 2.05) is 30.3 Å². The second kappa shape index (κ2) is 9.55. The molecule has 0 saturated carbocycles. The third kappa shape index (κ3) is 4.71. The van der Waals surface area contributed by atoms with Crippen molar-refractivity contribution in [1.29, 1.82) is 10.7 Å². The zero-order chi connectivity index (χ0) is 23.4. The Morgan fingerprint density at radius 1 is 1.15 bits per heavy atom. The van der Waals surface area contributed by atoms with Gasteiger partial charge in [0.1, 0.15) is 0 Å². The summed E-state index contributed by atoms with van der Waals surface area (Å²) >= 11 is 0. The van der Waals surface area contributed by atoms with Crippen molar-refractivity contribution in [3.05, 3.63) is 94.0 Å². The van der Waals surface area contributed by atoms with E-state index in [9.17, 15) is 10.1 Å². The minimum absolute atomic E-state index is 0.119. The van der Waals surface area contributed by atoms with Gasteiger partial charge in [-0.15, -0.1) is 0 Å². The van der Waals surface area contributed by atoms with Crippen LogP contribution in [-0.4, -0.2) is 18.7 Å². The van der Waals surface area contributed by atoms with E-state index in [0.29, 0.717) is 27.9 Å². The van der Waals surface area contributed by atoms with Crippen molar-refractivity contribution < 1.29 is 9.63 Å². The molecule has 1 aliphatic rings. The summed E-state index contributed by atoms with van der Waals surface area (Å²) in [5, 5.41) is 21.5. The monoisotopic (exact) mass is 439 g/mol. The number of nitrogen functional groups attached to an aromatic ring is 1. The summed E-state index contributed by atoms with van der Waals surface area (Å²) < 4.78 is 0. The molecule has 0 fully saturated rings. The highest BCUT2D eigenvalue weighted by Gasteiger charge is 2.21. The lowest BCUT2D eigenvalue weighted by atomic mass is 9.86. The van der Waals surface area contributed by atoms with E-state index in [-0.39, 0.29) is 17.7 Å². The van der Waals surface area contributed by atoms with Crippen LogP contribution in [0.15, 0.2) is 60.7 Å².